The van der Waals surface area contributed by atoms with Gasteiger partial charge in [0.25, 0.3) is 0 Å². The van der Waals surface area contributed by atoms with Gasteiger partial charge in [0.2, 0.25) is 0 Å². The molecular formula is C12H18N4O2S. The Morgan fingerprint density at radius 3 is 2.89 bits per heavy atom. The summed E-state index contributed by atoms with van der Waals surface area (Å²) < 4.78 is 11.0. The number of aliphatic hydroxyl groups is 1. The SMILES string of the molecule is CCCn1ncc(OC)c1C(O)c1snnc1CC. The van der Waals surface area contributed by atoms with Crippen molar-refractivity contribution in [2.75, 3.05) is 7.11 Å². The van der Waals surface area contributed by atoms with Crippen LogP contribution >= 0.6 is 11.5 Å². The molecule has 2 heterocycles. The summed E-state index contributed by atoms with van der Waals surface area (Å²) >= 11 is 1.22. The maximum atomic E-state index is 10.6. The first-order valence-electron chi connectivity index (χ1n) is 6.31. The lowest BCUT2D eigenvalue weighted by atomic mass is 10.1. The molecule has 0 amide bonds. The van der Waals surface area contributed by atoms with E-state index in [0.29, 0.717) is 11.4 Å². The van der Waals surface area contributed by atoms with Crippen LogP contribution in [0.1, 0.15) is 42.6 Å². The molecule has 0 saturated heterocycles. The first-order chi connectivity index (χ1) is 9.22. The maximum Gasteiger partial charge on any atom is 0.163 e. The fraction of sp³-hybridized carbons (Fsp3) is 0.583. The molecule has 19 heavy (non-hydrogen) atoms. The fourth-order valence-corrected chi connectivity index (χ4v) is 2.72. The summed E-state index contributed by atoms with van der Waals surface area (Å²) in [6, 6.07) is 0. The van der Waals surface area contributed by atoms with Gasteiger partial charge in [-0.05, 0) is 24.4 Å². The molecule has 0 aliphatic carbocycles. The molecule has 0 radical (unpaired) electrons. The van der Waals surface area contributed by atoms with Crippen LogP contribution in [0.5, 0.6) is 5.75 Å². The Hall–Kier alpha value is -1.47. The maximum absolute atomic E-state index is 10.6. The van der Waals surface area contributed by atoms with Gasteiger partial charge in [0.05, 0.1) is 23.9 Å². The topological polar surface area (TPSA) is 73.1 Å². The van der Waals surface area contributed by atoms with Crippen molar-refractivity contribution in [2.45, 2.75) is 39.3 Å². The number of rotatable bonds is 6. The first-order valence-corrected chi connectivity index (χ1v) is 7.09. The molecule has 2 aromatic rings. The summed E-state index contributed by atoms with van der Waals surface area (Å²) in [7, 11) is 1.58. The monoisotopic (exact) mass is 282 g/mol. The highest BCUT2D eigenvalue weighted by molar-refractivity contribution is 7.05. The van der Waals surface area contributed by atoms with E-state index < -0.39 is 6.10 Å². The highest BCUT2D eigenvalue weighted by Gasteiger charge is 2.25. The molecule has 0 aliphatic heterocycles. The standard InChI is InChI=1S/C12H18N4O2S/c1-4-6-16-10(9(18-3)7-13-16)11(17)12-8(5-2)14-15-19-12/h7,11,17H,4-6H2,1-3H3. The molecule has 0 aliphatic rings. The fourth-order valence-electron chi connectivity index (χ4n) is 1.99. The Morgan fingerprint density at radius 2 is 2.26 bits per heavy atom. The second-order valence-electron chi connectivity index (χ2n) is 4.16. The van der Waals surface area contributed by atoms with Crippen LogP contribution in [0.3, 0.4) is 0 Å². The molecule has 1 N–H and O–H groups in total. The van der Waals surface area contributed by atoms with Gasteiger partial charge in [-0.25, -0.2) is 0 Å². The zero-order valence-electron chi connectivity index (χ0n) is 11.3. The third-order valence-corrected chi connectivity index (χ3v) is 3.75. The number of hydrogen-bond donors (Lipinski definition) is 1. The zero-order chi connectivity index (χ0) is 13.8. The van der Waals surface area contributed by atoms with Gasteiger partial charge in [0.15, 0.2) is 5.75 Å². The van der Waals surface area contributed by atoms with Gasteiger partial charge in [-0.2, -0.15) is 5.10 Å². The lowest BCUT2D eigenvalue weighted by Crippen LogP contribution is -2.11. The molecule has 0 fully saturated rings. The lowest BCUT2D eigenvalue weighted by molar-refractivity contribution is 0.204. The van der Waals surface area contributed by atoms with Gasteiger partial charge >= 0.3 is 0 Å². The lowest BCUT2D eigenvalue weighted by Gasteiger charge is -2.13. The van der Waals surface area contributed by atoms with Crippen LogP contribution in [0.4, 0.5) is 0 Å². The molecule has 0 saturated carbocycles. The average molecular weight is 282 g/mol. The van der Waals surface area contributed by atoms with Crippen LogP contribution in [0.15, 0.2) is 6.20 Å². The smallest absolute Gasteiger partial charge is 0.163 e. The Balaban J connectivity index is 2.42. The van der Waals surface area contributed by atoms with E-state index in [0.717, 1.165) is 30.0 Å². The Kier molecular flexibility index (Phi) is 4.49. The van der Waals surface area contributed by atoms with Crippen LogP contribution < -0.4 is 4.74 Å². The molecule has 1 unspecified atom stereocenters. The molecule has 0 bridgehead atoms. The summed E-state index contributed by atoms with van der Waals surface area (Å²) in [5.74, 6) is 0.594. The van der Waals surface area contributed by atoms with E-state index >= 15 is 0 Å². The average Bonchev–Trinajstić information content (AvgIpc) is 3.04. The quantitative estimate of drug-likeness (QED) is 0.874. The second-order valence-corrected chi connectivity index (χ2v) is 4.95. The molecule has 2 aromatic heterocycles. The van der Waals surface area contributed by atoms with Crippen LogP contribution in [0, 0.1) is 0 Å². The Labute approximate surface area is 116 Å². The minimum Gasteiger partial charge on any atom is -0.493 e. The largest absolute Gasteiger partial charge is 0.493 e. The summed E-state index contributed by atoms with van der Waals surface area (Å²) in [6.07, 6.45) is 2.52. The molecule has 104 valence electrons. The summed E-state index contributed by atoms with van der Waals surface area (Å²) in [5, 5.41) is 18.9. The van der Waals surface area contributed by atoms with Crippen LogP contribution in [0.2, 0.25) is 0 Å². The molecule has 7 heteroatoms. The molecule has 2 rings (SSSR count). The Bertz CT molecular complexity index is 538. The first kappa shape index (κ1) is 14.0. The van der Waals surface area contributed by atoms with Crippen molar-refractivity contribution >= 4 is 11.5 Å². The van der Waals surface area contributed by atoms with Gasteiger partial charge in [-0.1, -0.05) is 18.3 Å². The number of hydrogen-bond acceptors (Lipinski definition) is 6. The van der Waals surface area contributed by atoms with E-state index in [4.69, 9.17) is 4.74 Å². The molecule has 1 atom stereocenters. The molecule has 6 nitrogen and oxygen atoms in total. The van der Waals surface area contributed by atoms with E-state index in [1.54, 1.807) is 18.0 Å². The Morgan fingerprint density at radius 1 is 1.47 bits per heavy atom. The van der Waals surface area contributed by atoms with Crippen molar-refractivity contribution in [1.29, 1.82) is 0 Å². The number of aromatic nitrogens is 4. The summed E-state index contributed by atoms with van der Waals surface area (Å²) in [6.45, 7) is 4.80. The van der Waals surface area contributed by atoms with Crippen molar-refractivity contribution in [3.05, 3.63) is 22.5 Å². The van der Waals surface area contributed by atoms with Gasteiger partial charge in [0, 0.05) is 6.54 Å². The second kappa shape index (κ2) is 6.12. The number of aliphatic hydroxyl groups excluding tert-OH is 1. The zero-order valence-corrected chi connectivity index (χ0v) is 12.1. The van der Waals surface area contributed by atoms with Crippen molar-refractivity contribution in [3.8, 4) is 5.75 Å². The van der Waals surface area contributed by atoms with Crippen molar-refractivity contribution in [1.82, 2.24) is 19.4 Å². The normalized spacial score (nSPS) is 12.6. The predicted octanol–water partition coefficient (Wildman–Crippen LogP) is 1.80. The predicted molar refractivity (Wildman–Crippen MR) is 72.4 cm³/mol. The summed E-state index contributed by atoms with van der Waals surface area (Å²) in [4.78, 5) is 0.763. The van der Waals surface area contributed by atoms with Crippen LogP contribution in [0.25, 0.3) is 0 Å². The van der Waals surface area contributed by atoms with E-state index in [9.17, 15) is 5.11 Å². The highest BCUT2D eigenvalue weighted by atomic mass is 32.1. The third kappa shape index (κ3) is 2.62. The summed E-state index contributed by atoms with van der Waals surface area (Å²) in [5.41, 5.74) is 1.49. The minimum absolute atomic E-state index is 0.594. The van der Waals surface area contributed by atoms with Crippen molar-refractivity contribution in [3.63, 3.8) is 0 Å². The van der Waals surface area contributed by atoms with E-state index in [2.05, 4.69) is 21.6 Å². The van der Waals surface area contributed by atoms with Gasteiger partial charge in [-0.15, -0.1) is 5.10 Å². The van der Waals surface area contributed by atoms with Gasteiger partial charge in [0.1, 0.15) is 11.8 Å². The van der Waals surface area contributed by atoms with Crippen molar-refractivity contribution < 1.29 is 9.84 Å². The molecule has 0 spiro atoms. The number of ether oxygens (including phenoxy) is 1. The van der Waals surface area contributed by atoms with E-state index in [1.165, 1.54) is 11.5 Å². The van der Waals surface area contributed by atoms with E-state index in [-0.39, 0.29) is 0 Å². The number of methoxy groups -OCH3 is 1. The van der Waals surface area contributed by atoms with Gasteiger partial charge in [-0.3, -0.25) is 4.68 Å². The van der Waals surface area contributed by atoms with Crippen LogP contribution in [-0.4, -0.2) is 31.6 Å². The highest BCUT2D eigenvalue weighted by Crippen LogP contribution is 2.33. The van der Waals surface area contributed by atoms with Gasteiger partial charge < -0.3 is 9.84 Å². The minimum atomic E-state index is -0.793. The van der Waals surface area contributed by atoms with Crippen LogP contribution in [-0.2, 0) is 13.0 Å². The van der Waals surface area contributed by atoms with E-state index in [1.807, 2.05) is 6.92 Å². The van der Waals surface area contributed by atoms with Crippen molar-refractivity contribution in [2.24, 2.45) is 0 Å². The number of aryl methyl sites for hydroxylation is 2. The number of nitrogens with zero attached hydrogens (tertiary/aromatic N) is 4. The molecule has 0 aromatic carbocycles. The molecular weight excluding hydrogens is 264 g/mol. The third-order valence-electron chi connectivity index (χ3n) is 2.93.